The van der Waals surface area contributed by atoms with Crippen LogP contribution in [-0.4, -0.2) is 18.1 Å². The Morgan fingerprint density at radius 3 is 2.25 bits per heavy atom. The summed E-state index contributed by atoms with van der Waals surface area (Å²) in [6.45, 7) is 0. The number of rotatable bonds is 1. The topological polar surface area (TPSA) is 29.3 Å². The average Bonchev–Trinajstić information content (AvgIpc) is 2.61. The van der Waals surface area contributed by atoms with Crippen molar-refractivity contribution < 1.29 is 13.2 Å². The number of anilines is 1. The quantitative estimate of drug-likeness (QED) is 0.854. The third kappa shape index (κ3) is 2.37. The molecule has 2 fully saturated rings. The van der Waals surface area contributed by atoms with Gasteiger partial charge in [-0.3, -0.25) is 0 Å². The molecule has 1 aromatic rings. The molecule has 2 N–H and O–H groups in total. The highest BCUT2D eigenvalue weighted by Crippen LogP contribution is 2.43. The van der Waals surface area contributed by atoms with Crippen LogP contribution < -0.4 is 10.6 Å². The summed E-state index contributed by atoms with van der Waals surface area (Å²) >= 11 is 6.09. The lowest BCUT2D eigenvalue weighted by atomic mass is 9.97. The second-order valence-electron chi connectivity index (χ2n) is 5.69. The molecule has 2 nitrogen and oxygen atoms in total. The maximum atomic E-state index is 12.7. The Morgan fingerprint density at radius 2 is 1.75 bits per heavy atom. The molecule has 110 valence electrons. The largest absolute Gasteiger partial charge is 0.416 e. The molecule has 0 amide bonds. The molecule has 0 spiro atoms. The molecule has 20 heavy (non-hydrogen) atoms. The van der Waals surface area contributed by atoms with Crippen LogP contribution in [0.15, 0.2) is 18.2 Å². The standard InChI is InChI=1S/C14H16ClF3N2/c15-12-5-8(14(16,17)18)1-4-13(12)20-10-2-3-11(20)7-9(19)6-10/h1,4-5,9-11H,2-3,6-7,19H2. The van der Waals surface area contributed by atoms with Gasteiger partial charge in [0.2, 0.25) is 0 Å². The van der Waals surface area contributed by atoms with Gasteiger partial charge >= 0.3 is 6.18 Å². The van der Waals surface area contributed by atoms with Crippen molar-refractivity contribution in [3.05, 3.63) is 28.8 Å². The van der Waals surface area contributed by atoms with Crippen molar-refractivity contribution in [2.24, 2.45) is 5.73 Å². The maximum Gasteiger partial charge on any atom is 0.416 e. The third-order valence-corrected chi connectivity index (χ3v) is 4.63. The van der Waals surface area contributed by atoms with Crippen molar-refractivity contribution in [2.45, 2.75) is 50.0 Å². The summed E-state index contributed by atoms with van der Waals surface area (Å²) in [6.07, 6.45) is -0.515. The van der Waals surface area contributed by atoms with Crippen molar-refractivity contribution >= 4 is 17.3 Å². The number of hydrogen-bond donors (Lipinski definition) is 1. The summed E-state index contributed by atoms with van der Waals surface area (Å²) in [5.74, 6) is 0. The molecule has 2 atom stereocenters. The highest BCUT2D eigenvalue weighted by atomic mass is 35.5. The number of halogens is 4. The highest BCUT2D eigenvalue weighted by molar-refractivity contribution is 6.33. The molecular weight excluding hydrogens is 289 g/mol. The molecule has 3 rings (SSSR count). The predicted molar refractivity (Wildman–Crippen MR) is 73.0 cm³/mol. The van der Waals surface area contributed by atoms with Crippen molar-refractivity contribution in [1.29, 1.82) is 0 Å². The Bertz CT molecular complexity index is 504. The number of nitrogens with zero attached hydrogens (tertiary/aromatic N) is 1. The van der Waals surface area contributed by atoms with Crippen molar-refractivity contribution in [1.82, 2.24) is 0 Å². The fourth-order valence-electron chi connectivity index (χ4n) is 3.51. The first-order valence-electron chi connectivity index (χ1n) is 6.77. The molecule has 2 unspecified atom stereocenters. The number of alkyl halides is 3. The third-order valence-electron chi connectivity index (χ3n) is 4.32. The van der Waals surface area contributed by atoms with Crippen molar-refractivity contribution in [3.8, 4) is 0 Å². The van der Waals surface area contributed by atoms with Crippen LogP contribution in [0.4, 0.5) is 18.9 Å². The Hall–Kier alpha value is -0.940. The van der Waals surface area contributed by atoms with Crippen LogP contribution in [0.5, 0.6) is 0 Å². The molecule has 2 heterocycles. The summed E-state index contributed by atoms with van der Waals surface area (Å²) in [5.41, 5.74) is 6.01. The molecule has 1 aromatic carbocycles. The second-order valence-corrected chi connectivity index (χ2v) is 6.09. The van der Waals surface area contributed by atoms with E-state index in [9.17, 15) is 13.2 Å². The van der Waals surface area contributed by atoms with Crippen molar-refractivity contribution in [2.75, 3.05) is 4.90 Å². The molecule has 0 aromatic heterocycles. The van der Waals surface area contributed by atoms with Gasteiger partial charge in [-0.05, 0) is 43.9 Å². The average molecular weight is 305 g/mol. The first-order valence-corrected chi connectivity index (χ1v) is 7.14. The van der Waals surface area contributed by atoms with E-state index in [4.69, 9.17) is 17.3 Å². The molecule has 2 aliphatic rings. The minimum Gasteiger partial charge on any atom is -0.364 e. The van der Waals surface area contributed by atoms with E-state index in [0.717, 1.165) is 37.8 Å². The number of benzene rings is 1. The predicted octanol–water partition coefficient (Wildman–Crippen LogP) is 3.82. The summed E-state index contributed by atoms with van der Waals surface area (Å²) in [4.78, 5) is 2.17. The number of fused-ring (bicyclic) bond motifs is 2. The molecule has 2 saturated heterocycles. The van der Waals surface area contributed by atoms with Crippen LogP contribution in [0.2, 0.25) is 5.02 Å². The molecule has 6 heteroatoms. The Labute approximate surface area is 120 Å². The molecule has 2 aliphatic heterocycles. The zero-order valence-corrected chi connectivity index (χ0v) is 11.6. The lowest BCUT2D eigenvalue weighted by molar-refractivity contribution is -0.137. The van der Waals surface area contributed by atoms with Crippen LogP contribution in [0.25, 0.3) is 0 Å². The van der Waals surface area contributed by atoms with E-state index in [1.165, 1.54) is 6.07 Å². The van der Waals surface area contributed by atoms with E-state index in [2.05, 4.69) is 4.90 Å². The van der Waals surface area contributed by atoms with Crippen LogP contribution in [0, 0.1) is 0 Å². The first kappa shape index (κ1) is 14.0. The zero-order valence-electron chi connectivity index (χ0n) is 10.8. The van der Waals surface area contributed by atoms with Gasteiger partial charge in [-0.15, -0.1) is 0 Å². The zero-order chi connectivity index (χ0) is 14.5. The lowest BCUT2D eigenvalue weighted by Crippen LogP contribution is -2.47. The summed E-state index contributed by atoms with van der Waals surface area (Å²) < 4.78 is 38.0. The monoisotopic (exact) mass is 304 g/mol. The van der Waals surface area contributed by atoms with E-state index in [0.29, 0.717) is 17.8 Å². The van der Waals surface area contributed by atoms with Gasteiger partial charge in [-0.25, -0.2) is 0 Å². The molecule has 0 radical (unpaired) electrons. The highest BCUT2D eigenvalue weighted by Gasteiger charge is 2.41. The van der Waals surface area contributed by atoms with E-state index >= 15 is 0 Å². The van der Waals surface area contributed by atoms with E-state index in [-0.39, 0.29) is 11.1 Å². The van der Waals surface area contributed by atoms with Gasteiger partial charge in [0, 0.05) is 18.1 Å². The van der Waals surface area contributed by atoms with Gasteiger partial charge in [-0.2, -0.15) is 13.2 Å². The Kier molecular flexibility index (Phi) is 3.37. The van der Waals surface area contributed by atoms with Gasteiger partial charge < -0.3 is 10.6 Å². The van der Waals surface area contributed by atoms with E-state index in [1.807, 2.05) is 0 Å². The van der Waals surface area contributed by atoms with Crippen LogP contribution in [-0.2, 0) is 6.18 Å². The molecule has 0 aliphatic carbocycles. The molecule has 2 bridgehead atoms. The summed E-state index contributed by atoms with van der Waals surface area (Å²) in [6, 6.07) is 4.42. The number of nitrogens with two attached hydrogens (primary N) is 1. The van der Waals surface area contributed by atoms with Gasteiger partial charge in [0.1, 0.15) is 0 Å². The van der Waals surface area contributed by atoms with Crippen LogP contribution >= 0.6 is 11.6 Å². The normalized spacial score (nSPS) is 29.9. The van der Waals surface area contributed by atoms with E-state index < -0.39 is 11.7 Å². The van der Waals surface area contributed by atoms with Gasteiger partial charge in [0.25, 0.3) is 0 Å². The maximum absolute atomic E-state index is 12.7. The van der Waals surface area contributed by atoms with Gasteiger partial charge in [0.15, 0.2) is 0 Å². The number of piperidine rings is 1. The fraction of sp³-hybridized carbons (Fsp3) is 0.571. The van der Waals surface area contributed by atoms with Crippen LogP contribution in [0.1, 0.15) is 31.2 Å². The minimum atomic E-state index is -4.36. The Balaban J connectivity index is 1.92. The SMILES string of the molecule is NC1CC2CCC(C1)N2c1ccc(C(F)(F)F)cc1Cl. The molecular formula is C14H16ClF3N2. The van der Waals surface area contributed by atoms with Gasteiger partial charge in [-0.1, -0.05) is 11.6 Å². The number of hydrogen-bond acceptors (Lipinski definition) is 2. The fourth-order valence-corrected chi connectivity index (χ4v) is 3.78. The summed E-state index contributed by atoms with van der Waals surface area (Å²) in [7, 11) is 0. The first-order chi connectivity index (χ1) is 9.36. The van der Waals surface area contributed by atoms with Crippen LogP contribution in [0.3, 0.4) is 0 Å². The minimum absolute atomic E-state index is 0.173. The molecule has 0 saturated carbocycles. The van der Waals surface area contributed by atoms with Crippen molar-refractivity contribution in [3.63, 3.8) is 0 Å². The lowest BCUT2D eigenvalue weighted by Gasteiger charge is -2.40. The summed E-state index contributed by atoms with van der Waals surface area (Å²) in [5, 5.41) is 0.173. The second kappa shape index (κ2) is 4.81. The smallest absolute Gasteiger partial charge is 0.364 e. The van der Waals surface area contributed by atoms with Gasteiger partial charge in [0.05, 0.1) is 16.3 Å². The van der Waals surface area contributed by atoms with E-state index in [1.54, 1.807) is 0 Å². The Morgan fingerprint density at radius 1 is 1.15 bits per heavy atom.